The number of aryl methyl sites for hydroxylation is 3. The molecule has 0 bridgehead atoms. The topological polar surface area (TPSA) is 30.7 Å². The van der Waals surface area contributed by atoms with E-state index in [4.69, 9.17) is 4.74 Å². The number of carbonyl (C=O) groups is 1. The standard InChI is InChI=1S/C19H19NO2/c1-12-5-6-16-9-17(18(11-21)20(16)10-12)15-7-13(2)19(22-4)14(3)8-15/h5-11H,1-4H3. The van der Waals surface area contributed by atoms with Crippen LogP contribution in [0.2, 0.25) is 0 Å². The van der Waals surface area contributed by atoms with Crippen molar-refractivity contribution in [3.05, 3.63) is 58.9 Å². The maximum Gasteiger partial charge on any atom is 0.167 e. The molecule has 0 saturated heterocycles. The number of aromatic nitrogens is 1. The smallest absolute Gasteiger partial charge is 0.167 e. The Morgan fingerprint density at radius 3 is 2.32 bits per heavy atom. The molecule has 3 heteroatoms. The zero-order valence-corrected chi connectivity index (χ0v) is 13.3. The summed E-state index contributed by atoms with van der Waals surface area (Å²) >= 11 is 0. The molecule has 0 atom stereocenters. The lowest BCUT2D eigenvalue weighted by Gasteiger charge is -2.11. The molecule has 2 aromatic heterocycles. The second-order valence-electron chi connectivity index (χ2n) is 5.71. The summed E-state index contributed by atoms with van der Waals surface area (Å²) in [5, 5.41) is 0. The minimum absolute atomic E-state index is 0.683. The van der Waals surface area contributed by atoms with Gasteiger partial charge in [-0.3, -0.25) is 4.79 Å². The van der Waals surface area contributed by atoms with Gasteiger partial charge in [-0.15, -0.1) is 0 Å². The van der Waals surface area contributed by atoms with Crippen molar-refractivity contribution in [3.8, 4) is 16.9 Å². The van der Waals surface area contributed by atoms with Crippen LogP contribution in [0.3, 0.4) is 0 Å². The molecule has 0 fully saturated rings. The average Bonchev–Trinajstić information content (AvgIpc) is 2.84. The van der Waals surface area contributed by atoms with Crippen molar-refractivity contribution in [3.63, 3.8) is 0 Å². The Morgan fingerprint density at radius 2 is 1.73 bits per heavy atom. The fourth-order valence-electron chi connectivity index (χ4n) is 3.08. The SMILES string of the molecule is COc1c(C)cc(-c2cc3ccc(C)cn3c2C=O)cc1C. The van der Waals surface area contributed by atoms with E-state index in [1.54, 1.807) is 7.11 Å². The number of hydrogen-bond donors (Lipinski definition) is 0. The molecule has 22 heavy (non-hydrogen) atoms. The first-order valence-electron chi connectivity index (χ1n) is 7.27. The highest BCUT2D eigenvalue weighted by atomic mass is 16.5. The summed E-state index contributed by atoms with van der Waals surface area (Å²) < 4.78 is 7.37. The molecule has 3 rings (SSSR count). The van der Waals surface area contributed by atoms with Gasteiger partial charge in [0, 0.05) is 17.3 Å². The number of carbonyl (C=O) groups excluding carboxylic acids is 1. The van der Waals surface area contributed by atoms with Crippen LogP contribution in [-0.2, 0) is 0 Å². The van der Waals surface area contributed by atoms with Crippen LogP contribution in [0.25, 0.3) is 16.6 Å². The molecular formula is C19H19NO2. The maximum atomic E-state index is 11.6. The van der Waals surface area contributed by atoms with Crippen molar-refractivity contribution < 1.29 is 9.53 Å². The molecule has 0 aliphatic heterocycles. The van der Waals surface area contributed by atoms with Crippen molar-refractivity contribution >= 4 is 11.8 Å². The number of benzene rings is 1. The number of aldehydes is 1. The second-order valence-corrected chi connectivity index (χ2v) is 5.71. The summed E-state index contributed by atoms with van der Waals surface area (Å²) in [5.41, 5.74) is 6.96. The number of fused-ring (bicyclic) bond motifs is 1. The van der Waals surface area contributed by atoms with Crippen molar-refractivity contribution in [2.75, 3.05) is 7.11 Å². The Bertz CT molecular complexity index is 852. The molecule has 3 nitrogen and oxygen atoms in total. The number of methoxy groups -OCH3 is 1. The van der Waals surface area contributed by atoms with Crippen LogP contribution in [0, 0.1) is 20.8 Å². The lowest BCUT2D eigenvalue weighted by Crippen LogP contribution is -1.95. The van der Waals surface area contributed by atoms with Gasteiger partial charge in [0.2, 0.25) is 0 Å². The van der Waals surface area contributed by atoms with Crippen molar-refractivity contribution in [2.24, 2.45) is 0 Å². The minimum atomic E-state index is 0.683. The summed E-state index contributed by atoms with van der Waals surface area (Å²) in [6.07, 6.45) is 2.92. The van der Waals surface area contributed by atoms with E-state index in [-0.39, 0.29) is 0 Å². The van der Waals surface area contributed by atoms with Crippen molar-refractivity contribution in [2.45, 2.75) is 20.8 Å². The van der Waals surface area contributed by atoms with E-state index < -0.39 is 0 Å². The van der Waals surface area contributed by atoms with Gasteiger partial charge in [-0.05, 0) is 67.3 Å². The Morgan fingerprint density at radius 1 is 1.05 bits per heavy atom. The van der Waals surface area contributed by atoms with E-state index in [1.165, 1.54) is 0 Å². The molecule has 3 aromatic rings. The van der Waals surface area contributed by atoms with Crippen LogP contribution in [0.5, 0.6) is 5.75 Å². The van der Waals surface area contributed by atoms with Gasteiger partial charge in [-0.2, -0.15) is 0 Å². The Balaban J connectivity index is 2.28. The lowest BCUT2D eigenvalue weighted by molar-refractivity contribution is 0.111. The largest absolute Gasteiger partial charge is 0.496 e. The molecule has 0 saturated carbocycles. The average molecular weight is 293 g/mol. The van der Waals surface area contributed by atoms with Crippen LogP contribution in [0.1, 0.15) is 27.2 Å². The third-order valence-electron chi connectivity index (χ3n) is 4.04. The second kappa shape index (κ2) is 5.34. The molecule has 0 N–H and O–H groups in total. The molecule has 0 amide bonds. The first-order valence-corrected chi connectivity index (χ1v) is 7.27. The Kier molecular flexibility index (Phi) is 3.49. The van der Waals surface area contributed by atoms with Gasteiger partial charge in [-0.25, -0.2) is 0 Å². The van der Waals surface area contributed by atoms with E-state index in [0.29, 0.717) is 5.69 Å². The molecule has 2 heterocycles. The van der Waals surface area contributed by atoms with Crippen molar-refractivity contribution in [1.29, 1.82) is 0 Å². The molecule has 0 spiro atoms. The molecule has 0 radical (unpaired) electrons. The highest BCUT2D eigenvalue weighted by molar-refractivity contribution is 5.90. The van der Waals surface area contributed by atoms with Gasteiger partial charge in [0.25, 0.3) is 0 Å². The predicted octanol–water partition coefficient (Wildman–Crippen LogP) is 4.35. The summed E-state index contributed by atoms with van der Waals surface area (Å²) in [7, 11) is 1.68. The molecular weight excluding hydrogens is 274 g/mol. The normalized spacial score (nSPS) is 10.9. The zero-order valence-electron chi connectivity index (χ0n) is 13.3. The molecule has 1 aromatic carbocycles. The van der Waals surface area contributed by atoms with Gasteiger partial charge in [0.1, 0.15) is 5.75 Å². The summed E-state index contributed by atoms with van der Waals surface area (Å²) in [4.78, 5) is 11.6. The van der Waals surface area contributed by atoms with Crippen LogP contribution < -0.4 is 4.74 Å². The zero-order chi connectivity index (χ0) is 15.9. The highest BCUT2D eigenvalue weighted by Gasteiger charge is 2.14. The van der Waals surface area contributed by atoms with Crippen LogP contribution >= 0.6 is 0 Å². The Labute approximate surface area is 130 Å². The number of nitrogens with zero attached hydrogens (tertiary/aromatic N) is 1. The van der Waals surface area contributed by atoms with E-state index in [2.05, 4.69) is 24.3 Å². The number of ether oxygens (including phenoxy) is 1. The van der Waals surface area contributed by atoms with E-state index >= 15 is 0 Å². The summed E-state index contributed by atoms with van der Waals surface area (Å²) in [5.74, 6) is 0.899. The highest BCUT2D eigenvalue weighted by Crippen LogP contribution is 2.33. The monoisotopic (exact) mass is 293 g/mol. The number of pyridine rings is 1. The minimum Gasteiger partial charge on any atom is -0.496 e. The van der Waals surface area contributed by atoms with Gasteiger partial charge in [-0.1, -0.05) is 6.07 Å². The molecule has 112 valence electrons. The van der Waals surface area contributed by atoms with Gasteiger partial charge in [0.15, 0.2) is 6.29 Å². The summed E-state index contributed by atoms with van der Waals surface area (Å²) in [6.45, 7) is 6.07. The first-order chi connectivity index (χ1) is 10.5. The van der Waals surface area contributed by atoms with E-state index in [9.17, 15) is 4.79 Å². The first kappa shape index (κ1) is 14.4. The van der Waals surface area contributed by atoms with E-state index in [1.807, 2.05) is 37.4 Å². The van der Waals surface area contributed by atoms with Crippen LogP contribution in [0.15, 0.2) is 36.5 Å². The number of rotatable bonds is 3. The molecule has 0 aliphatic carbocycles. The lowest BCUT2D eigenvalue weighted by atomic mass is 10.00. The molecule has 0 aliphatic rings. The predicted molar refractivity (Wildman–Crippen MR) is 89.0 cm³/mol. The van der Waals surface area contributed by atoms with Gasteiger partial charge < -0.3 is 9.14 Å². The van der Waals surface area contributed by atoms with Crippen molar-refractivity contribution in [1.82, 2.24) is 4.40 Å². The third kappa shape index (κ3) is 2.19. The van der Waals surface area contributed by atoms with E-state index in [0.717, 1.165) is 45.4 Å². The maximum absolute atomic E-state index is 11.6. The molecule has 0 unspecified atom stereocenters. The quantitative estimate of drug-likeness (QED) is 0.672. The van der Waals surface area contributed by atoms with Gasteiger partial charge >= 0.3 is 0 Å². The van der Waals surface area contributed by atoms with Crippen LogP contribution in [-0.4, -0.2) is 17.8 Å². The number of hydrogen-bond acceptors (Lipinski definition) is 2. The van der Waals surface area contributed by atoms with Gasteiger partial charge in [0.05, 0.1) is 12.8 Å². The Hall–Kier alpha value is -2.55. The fourth-order valence-corrected chi connectivity index (χ4v) is 3.08. The third-order valence-corrected chi connectivity index (χ3v) is 4.04. The fraction of sp³-hybridized carbons (Fsp3) is 0.211. The summed E-state index contributed by atoms with van der Waals surface area (Å²) in [6, 6.07) is 10.3. The van der Waals surface area contributed by atoms with Crippen LogP contribution in [0.4, 0.5) is 0 Å².